The molecule has 0 unspecified atom stereocenters. The highest BCUT2D eigenvalue weighted by Gasteiger charge is 2.34. The summed E-state index contributed by atoms with van der Waals surface area (Å²) >= 11 is 0. The van der Waals surface area contributed by atoms with Crippen LogP contribution in [-0.2, 0) is 15.9 Å². The van der Waals surface area contributed by atoms with Crippen LogP contribution in [0.3, 0.4) is 0 Å². The van der Waals surface area contributed by atoms with Crippen molar-refractivity contribution in [3.05, 3.63) is 71.4 Å². The molecule has 0 aliphatic carbocycles. The van der Waals surface area contributed by atoms with E-state index in [1.54, 1.807) is 24.0 Å². The number of anilines is 2. The van der Waals surface area contributed by atoms with E-state index in [2.05, 4.69) is 10.3 Å². The molecule has 4 rings (SSSR count). The van der Waals surface area contributed by atoms with Crippen molar-refractivity contribution in [3.63, 3.8) is 0 Å². The van der Waals surface area contributed by atoms with Gasteiger partial charge in [-0.1, -0.05) is 18.2 Å². The Bertz CT molecular complexity index is 1490. The van der Waals surface area contributed by atoms with Crippen molar-refractivity contribution in [1.82, 2.24) is 4.98 Å². The molecule has 208 valence electrons. The van der Waals surface area contributed by atoms with E-state index in [9.17, 15) is 31.0 Å². The number of halogens is 5. The topological polar surface area (TPSA) is 86.2 Å². The lowest BCUT2D eigenvalue weighted by Gasteiger charge is -2.26. The first kappa shape index (κ1) is 28.5. The maximum Gasteiger partial charge on any atom is 0.416 e. The van der Waals surface area contributed by atoms with Gasteiger partial charge in [0, 0.05) is 54.5 Å². The summed E-state index contributed by atoms with van der Waals surface area (Å²) in [7, 11) is -3.05. The highest BCUT2D eigenvalue weighted by atomic mass is 32.2. The fourth-order valence-corrected chi connectivity index (χ4v) is 5.21. The van der Waals surface area contributed by atoms with Gasteiger partial charge in [0.15, 0.2) is 0 Å². The summed E-state index contributed by atoms with van der Waals surface area (Å²) in [4.78, 5) is 19.9. The zero-order chi connectivity index (χ0) is 28.6. The van der Waals surface area contributed by atoms with Gasteiger partial charge < -0.3 is 10.2 Å². The first-order chi connectivity index (χ1) is 18.2. The molecule has 2 heterocycles. The number of benzene rings is 2. The molecule has 2 aromatic carbocycles. The molecule has 1 aliphatic rings. The van der Waals surface area contributed by atoms with Crippen molar-refractivity contribution < 1.29 is 31.0 Å². The molecule has 6 nitrogen and oxygen atoms in total. The molecular formula is C27H27F5N4O2S. The van der Waals surface area contributed by atoms with Gasteiger partial charge in [0.2, 0.25) is 5.92 Å². The number of carbonyl (C=O) groups excluding carboxylic acids is 1. The van der Waals surface area contributed by atoms with Crippen molar-refractivity contribution >= 4 is 27.1 Å². The summed E-state index contributed by atoms with van der Waals surface area (Å²) < 4.78 is 87.4. The Balaban J connectivity index is 1.78. The van der Waals surface area contributed by atoms with E-state index in [-0.39, 0.29) is 47.9 Å². The quantitative estimate of drug-likeness (QED) is 0.326. The summed E-state index contributed by atoms with van der Waals surface area (Å²) in [6.45, 7) is 1.83. The van der Waals surface area contributed by atoms with E-state index in [1.807, 2.05) is 0 Å². The fraction of sp³-hybridized carbons (Fsp3) is 0.333. The number of nitrogens with zero attached hydrogens (tertiary/aromatic N) is 2. The number of hydrogen-bond donors (Lipinski definition) is 2. The second kappa shape index (κ2) is 10.6. The number of aromatic nitrogens is 1. The van der Waals surface area contributed by atoms with Crippen LogP contribution in [0.4, 0.5) is 33.5 Å². The van der Waals surface area contributed by atoms with Gasteiger partial charge in [-0.25, -0.2) is 22.8 Å². The number of pyridine rings is 1. The van der Waals surface area contributed by atoms with Crippen LogP contribution in [0, 0.1) is 11.7 Å². The Morgan fingerprint density at radius 3 is 2.44 bits per heavy atom. The molecule has 2 N–H and O–H groups in total. The predicted octanol–water partition coefficient (Wildman–Crippen LogP) is 6.99. The van der Waals surface area contributed by atoms with Crippen LogP contribution < -0.4 is 10.2 Å². The standard InChI is InChI=1S/C27H27F5N4O2S/c1-17-22(18-7-9-19(10-8-18)27(30,31)32)16-34-24(36-13-4-11-26(28,29)12-14-36)23(17)25(37)35-20-5-3-6-21(15-20)39(2,33)38/h3,5-10,15-16,33H,4,11-14H2,1-2H3,(H,35,37)/t39-/m1/s1. The molecule has 0 spiro atoms. The van der Waals surface area contributed by atoms with E-state index in [1.165, 1.54) is 36.7 Å². The minimum Gasteiger partial charge on any atom is -0.356 e. The molecule has 1 aliphatic heterocycles. The third kappa shape index (κ3) is 6.55. The monoisotopic (exact) mass is 566 g/mol. The highest BCUT2D eigenvalue weighted by Crippen LogP contribution is 2.36. The van der Waals surface area contributed by atoms with E-state index >= 15 is 0 Å². The lowest BCUT2D eigenvalue weighted by molar-refractivity contribution is -0.137. The molecule has 3 aromatic rings. The first-order valence-electron chi connectivity index (χ1n) is 12.1. The number of nitrogens with one attached hydrogen (secondary N) is 2. The molecule has 1 aromatic heterocycles. The predicted molar refractivity (Wildman–Crippen MR) is 140 cm³/mol. The molecule has 1 amide bonds. The number of rotatable bonds is 5. The Kier molecular flexibility index (Phi) is 7.70. The summed E-state index contributed by atoms with van der Waals surface area (Å²) in [5.41, 5.74) is 0.758. The zero-order valence-electron chi connectivity index (χ0n) is 21.2. The van der Waals surface area contributed by atoms with E-state index < -0.39 is 39.7 Å². The van der Waals surface area contributed by atoms with Crippen LogP contribution in [0.1, 0.15) is 40.7 Å². The average molecular weight is 567 g/mol. The zero-order valence-corrected chi connectivity index (χ0v) is 22.1. The Hall–Kier alpha value is -3.54. The molecule has 0 saturated carbocycles. The van der Waals surface area contributed by atoms with E-state index in [4.69, 9.17) is 4.78 Å². The van der Waals surface area contributed by atoms with Crippen molar-refractivity contribution in [1.29, 1.82) is 4.78 Å². The van der Waals surface area contributed by atoms with Crippen LogP contribution in [0.2, 0.25) is 0 Å². The lowest BCUT2D eigenvalue weighted by Crippen LogP contribution is -2.30. The fourth-order valence-electron chi connectivity index (χ4n) is 4.52. The molecule has 1 fully saturated rings. The van der Waals surface area contributed by atoms with Gasteiger partial charge in [-0.05, 0) is 54.8 Å². The summed E-state index contributed by atoms with van der Waals surface area (Å²) in [6.07, 6.45) is -2.34. The average Bonchev–Trinajstić information content (AvgIpc) is 3.03. The molecular weight excluding hydrogens is 539 g/mol. The minimum atomic E-state index is -4.51. The van der Waals surface area contributed by atoms with Gasteiger partial charge in [0.05, 0.1) is 20.9 Å². The molecule has 1 saturated heterocycles. The second-order valence-corrected chi connectivity index (χ2v) is 11.8. The summed E-state index contributed by atoms with van der Waals surface area (Å²) in [5.74, 6) is -3.27. The molecule has 0 radical (unpaired) electrons. The Labute approximate surface area is 223 Å². The lowest BCUT2D eigenvalue weighted by atomic mass is 9.96. The number of amides is 1. The third-order valence-electron chi connectivity index (χ3n) is 6.63. The van der Waals surface area contributed by atoms with Gasteiger partial charge in [0.1, 0.15) is 5.82 Å². The number of hydrogen-bond acceptors (Lipinski definition) is 5. The van der Waals surface area contributed by atoms with E-state index in [0.717, 1.165) is 12.1 Å². The smallest absolute Gasteiger partial charge is 0.356 e. The first-order valence-corrected chi connectivity index (χ1v) is 14.1. The third-order valence-corrected chi connectivity index (χ3v) is 7.78. The Morgan fingerprint density at radius 2 is 1.79 bits per heavy atom. The van der Waals surface area contributed by atoms with E-state index in [0.29, 0.717) is 16.7 Å². The van der Waals surface area contributed by atoms with Crippen molar-refractivity contribution in [3.8, 4) is 11.1 Å². The van der Waals surface area contributed by atoms with Crippen molar-refractivity contribution in [2.24, 2.45) is 0 Å². The van der Waals surface area contributed by atoms with Gasteiger partial charge in [-0.2, -0.15) is 13.2 Å². The number of alkyl halides is 5. The van der Waals surface area contributed by atoms with Crippen LogP contribution in [-0.4, -0.2) is 40.4 Å². The van der Waals surface area contributed by atoms with Crippen LogP contribution in [0.5, 0.6) is 0 Å². The molecule has 0 bridgehead atoms. The maximum absolute atomic E-state index is 14.1. The SMILES string of the molecule is Cc1c(-c2ccc(C(F)(F)F)cc2)cnc(N2CCCC(F)(F)CC2)c1C(=O)Nc1cccc([S@](C)(=N)=O)c1. The van der Waals surface area contributed by atoms with Crippen LogP contribution in [0.15, 0.2) is 59.6 Å². The molecule has 12 heteroatoms. The molecule has 1 atom stereocenters. The Morgan fingerprint density at radius 1 is 1.10 bits per heavy atom. The normalized spacial score (nSPS) is 17.3. The van der Waals surface area contributed by atoms with Crippen molar-refractivity contribution in [2.45, 2.75) is 43.2 Å². The van der Waals surface area contributed by atoms with Gasteiger partial charge in [0.25, 0.3) is 5.91 Å². The summed E-state index contributed by atoms with van der Waals surface area (Å²) in [5, 5.41) is 2.72. The molecule has 39 heavy (non-hydrogen) atoms. The maximum atomic E-state index is 14.1. The van der Waals surface area contributed by atoms with Gasteiger partial charge in [-0.3, -0.25) is 4.79 Å². The van der Waals surface area contributed by atoms with Gasteiger partial charge in [-0.15, -0.1) is 0 Å². The number of carbonyl (C=O) groups is 1. The van der Waals surface area contributed by atoms with Crippen LogP contribution in [0.25, 0.3) is 11.1 Å². The highest BCUT2D eigenvalue weighted by molar-refractivity contribution is 7.91. The minimum absolute atomic E-state index is 0.0361. The van der Waals surface area contributed by atoms with Crippen LogP contribution >= 0.6 is 0 Å². The largest absolute Gasteiger partial charge is 0.416 e. The second-order valence-electron chi connectivity index (χ2n) is 9.59. The van der Waals surface area contributed by atoms with Gasteiger partial charge >= 0.3 is 6.18 Å². The summed E-state index contributed by atoms with van der Waals surface area (Å²) in [6, 6.07) is 10.5. The van der Waals surface area contributed by atoms with Crippen molar-refractivity contribution in [2.75, 3.05) is 29.6 Å².